The molecule has 0 saturated carbocycles. The first-order valence-electron chi connectivity index (χ1n) is 2.20. The minimum Gasteiger partial charge on any atom is -0.550 e. The largest absolute Gasteiger partial charge is 2.00 e. The maximum atomic E-state index is 9.71. The molecule has 0 aliphatic carbocycles. The number of rotatable bonds is 3. The summed E-state index contributed by atoms with van der Waals surface area (Å²) in [7, 11) is 0. The van der Waals surface area contributed by atoms with Gasteiger partial charge in [0.05, 0.1) is 5.97 Å². The molecule has 1 atom stereocenters. The SMILES string of the molecule is N[C@H](CC(=O)[O-])C(=O)[O-].[Co+2]. The van der Waals surface area contributed by atoms with E-state index in [0.29, 0.717) is 0 Å². The van der Waals surface area contributed by atoms with Gasteiger partial charge in [-0.15, -0.1) is 0 Å². The van der Waals surface area contributed by atoms with Gasteiger partial charge in [-0.1, -0.05) is 0 Å². The van der Waals surface area contributed by atoms with Gasteiger partial charge >= 0.3 is 16.8 Å². The number of carbonyl (C=O) groups is 2. The van der Waals surface area contributed by atoms with E-state index in [9.17, 15) is 19.8 Å². The second-order valence-corrected chi connectivity index (χ2v) is 1.50. The molecule has 0 aromatic heterocycles. The maximum absolute atomic E-state index is 9.71. The normalized spacial score (nSPS) is 11.3. The van der Waals surface area contributed by atoms with Gasteiger partial charge in [0.15, 0.2) is 0 Å². The van der Waals surface area contributed by atoms with Crippen LogP contribution in [0.3, 0.4) is 0 Å². The Morgan fingerprint density at radius 2 is 1.80 bits per heavy atom. The number of carbonyl (C=O) groups excluding carboxylic acids is 2. The molecule has 0 aliphatic rings. The number of hydrogen-bond acceptors (Lipinski definition) is 5. The van der Waals surface area contributed by atoms with Crippen molar-refractivity contribution < 1.29 is 36.6 Å². The van der Waals surface area contributed by atoms with Crippen LogP contribution in [0.1, 0.15) is 6.42 Å². The van der Waals surface area contributed by atoms with E-state index >= 15 is 0 Å². The van der Waals surface area contributed by atoms with Crippen LogP contribution in [0.25, 0.3) is 0 Å². The Labute approximate surface area is 67.4 Å². The molecule has 0 spiro atoms. The van der Waals surface area contributed by atoms with Crippen LogP contribution in [0.4, 0.5) is 0 Å². The van der Waals surface area contributed by atoms with Crippen molar-refractivity contribution >= 4 is 11.9 Å². The predicted molar refractivity (Wildman–Crippen MR) is 22.6 cm³/mol. The zero-order valence-electron chi connectivity index (χ0n) is 4.83. The molecule has 0 unspecified atom stereocenters. The number of nitrogens with two attached hydrogens (primary N) is 1. The van der Waals surface area contributed by atoms with Gasteiger partial charge in [-0.25, -0.2) is 0 Å². The first-order valence-corrected chi connectivity index (χ1v) is 2.20. The van der Waals surface area contributed by atoms with Crippen LogP contribution in [-0.2, 0) is 26.4 Å². The summed E-state index contributed by atoms with van der Waals surface area (Å²) in [6.45, 7) is 0. The maximum Gasteiger partial charge on any atom is 2.00 e. The molecule has 0 amide bonds. The third-order valence-electron chi connectivity index (χ3n) is 0.689. The van der Waals surface area contributed by atoms with E-state index in [4.69, 9.17) is 5.73 Å². The van der Waals surface area contributed by atoms with E-state index in [1.165, 1.54) is 0 Å². The van der Waals surface area contributed by atoms with Crippen molar-refractivity contribution in [3.05, 3.63) is 0 Å². The van der Waals surface area contributed by atoms with Crippen molar-refractivity contribution in [2.75, 3.05) is 0 Å². The molecule has 0 aromatic rings. The monoisotopic (exact) mass is 190 g/mol. The van der Waals surface area contributed by atoms with Gasteiger partial charge < -0.3 is 25.5 Å². The number of carboxylic acid groups (broad SMARTS) is 2. The van der Waals surface area contributed by atoms with E-state index < -0.39 is 24.4 Å². The Bertz CT molecular complexity index is 137. The van der Waals surface area contributed by atoms with Crippen LogP contribution in [0.2, 0.25) is 0 Å². The van der Waals surface area contributed by atoms with Crippen LogP contribution in [0, 0.1) is 0 Å². The number of carboxylic acids is 2. The fraction of sp³-hybridized carbons (Fsp3) is 0.500. The second-order valence-electron chi connectivity index (χ2n) is 1.50. The molecule has 0 bridgehead atoms. The number of hydrogen-bond donors (Lipinski definition) is 1. The van der Waals surface area contributed by atoms with Crippen molar-refractivity contribution in [3.63, 3.8) is 0 Å². The summed E-state index contributed by atoms with van der Waals surface area (Å²) in [6.07, 6.45) is -0.706. The van der Waals surface area contributed by atoms with E-state index in [1.807, 2.05) is 0 Å². The average molecular weight is 190 g/mol. The smallest absolute Gasteiger partial charge is 0.550 e. The zero-order chi connectivity index (χ0) is 7.44. The van der Waals surface area contributed by atoms with Crippen LogP contribution >= 0.6 is 0 Å². The molecule has 1 radical (unpaired) electrons. The minimum absolute atomic E-state index is 0. The Hall–Kier alpha value is -0.594. The third-order valence-corrected chi connectivity index (χ3v) is 0.689. The summed E-state index contributed by atoms with van der Waals surface area (Å²) in [5, 5.41) is 19.3. The van der Waals surface area contributed by atoms with Crippen molar-refractivity contribution in [1.82, 2.24) is 0 Å². The van der Waals surface area contributed by atoms with E-state index in [0.717, 1.165) is 0 Å². The molecule has 5 nitrogen and oxygen atoms in total. The van der Waals surface area contributed by atoms with Crippen molar-refractivity contribution in [3.8, 4) is 0 Å². The topological polar surface area (TPSA) is 106 Å². The van der Waals surface area contributed by atoms with Gasteiger partial charge in [-0.3, -0.25) is 0 Å². The summed E-state index contributed by atoms with van der Waals surface area (Å²) < 4.78 is 0. The van der Waals surface area contributed by atoms with E-state index in [2.05, 4.69) is 0 Å². The van der Waals surface area contributed by atoms with Crippen LogP contribution < -0.4 is 15.9 Å². The molecule has 0 heterocycles. The standard InChI is InChI=1S/C4H7NO4.Co/c5-2(4(8)9)1-3(6)7;/h2H,1,5H2,(H,6,7)(H,8,9);/q;+2/p-2/t2-;/m1./s1. The molecule has 10 heavy (non-hydrogen) atoms. The molecular weight excluding hydrogens is 185 g/mol. The Kier molecular flexibility index (Phi) is 6.32. The quantitative estimate of drug-likeness (QED) is 0.491. The molecule has 59 valence electrons. The minimum atomic E-state index is -1.58. The molecular formula is C4H5CoNO4. The second kappa shape index (κ2) is 5.21. The Morgan fingerprint density at radius 1 is 1.40 bits per heavy atom. The van der Waals surface area contributed by atoms with Crippen molar-refractivity contribution in [2.24, 2.45) is 5.73 Å². The van der Waals surface area contributed by atoms with Gasteiger partial charge in [0.2, 0.25) is 0 Å². The van der Waals surface area contributed by atoms with E-state index in [1.54, 1.807) is 0 Å². The van der Waals surface area contributed by atoms with Crippen LogP contribution in [0.5, 0.6) is 0 Å². The van der Waals surface area contributed by atoms with Crippen molar-refractivity contribution in [2.45, 2.75) is 12.5 Å². The summed E-state index contributed by atoms with van der Waals surface area (Å²) >= 11 is 0. The molecule has 0 rings (SSSR count). The molecule has 0 aliphatic heterocycles. The summed E-state index contributed by atoms with van der Waals surface area (Å²) in [6, 6.07) is -1.46. The third kappa shape index (κ3) is 5.54. The fourth-order valence-electron chi connectivity index (χ4n) is 0.263. The average Bonchev–Trinajstić information content (AvgIpc) is 1.63. The van der Waals surface area contributed by atoms with Gasteiger partial charge in [-0.05, 0) is 0 Å². The zero-order valence-corrected chi connectivity index (χ0v) is 5.87. The molecule has 0 saturated heterocycles. The first kappa shape index (κ1) is 12.1. The van der Waals surface area contributed by atoms with Crippen LogP contribution in [-0.4, -0.2) is 18.0 Å². The summed E-state index contributed by atoms with van der Waals surface area (Å²) in [5.74, 6) is -3.08. The first-order chi connectivity index (χ1) is 4.04. The number of aliphatic carboxylic acids is 2. The van der Waals surface area contributed by atoms with Gasteiger partial charge in [0, 0.05) is 18.4 Å². The van der Waals surface area contributed by atoms with Gasteiger partial charge in [0.1, 0.15) is 0 Å². The van der Waals surface area contributed by atoms with E-state index in [-0.39, 0.29) is 16.8 Å². The molecule has 2 N–H and O–H groups in total. The Morgan fingerprint density at radius 3 is 1.90 bits per heavy atom. The summed E-state index contributed by atoms with van der Waals surface area (Å²) in [4.78, 5) is 19.3. The van der Waals surface area contributed by atoms with Gasteiger partial charge in [-0.2, -0.15) is 0 Å². The molecule has 0 fully saturated rings. The van der Waals surface area contributed by atoms with Gasteiger partial charge in [0.25, 0.3) is 0 Å². The van der Waals surface area contributed by atoms with Crippen molar-refractivity contribution in [1.29, 1.82) is 0 Å². The predicted octanol–water partition coefficient (Wildman–Crippen LogP) is -3.80. The fourth-order valence-corrected chi connectivity index (χ4v) is 0.263. The Balaban J connectivity index is 0. The molecule has 6 heteroatoms. The molecule has 0 aromatic carbocycles. The van der Waals surface area contributed by atoms with Crippen LogP contribution in [0.15, 0.2) is 0 Å². The summed E-state index contributed by atoms with van der Waals surface area (Å²) in [5.41, 5.74) is 4.73.